The quantitative estimate of drug-likeness (QED) is 0.534. The second kappa shape index (κ2) is 7.88. The average molecular weight is 387 g/mol. The van der Waals surface area contributed by atoms with Crippen LogP contribution in [0.2, 0.25) is 5.02 Å². The molecule has 0 saturated carbocycles. The van der Waals surface area contributed by atoms with E-state index in [4.69, 9.17) is 23.1 Å². The van der Waals surface area contributed by atoms with E-state index in [0.29, 0.717) is 27.8 Å². The van der Waals surface area contributed by atoms with Gasteiger partial charge in [0, 0.05) is 30.2 Å². The molecular formula is C18H16ClFN6O. The summed E-state index contributed by atoms with van der Waals surface area (Å²) in [6.45, 7) is 0.159. The van der Waals surface area contributed by atoms with E-state index < -0.39 is 11.7 Å². The van der Waals surface area contributed by atoms with E-state index >= 15 is 0 Å². The number of nitrogens with one attached hydrogen (secondary N) is 2. The minimum Gasteiger partial charge on any atom is -0.397 e. The smallest absolute Gasteiger partial charge is 0.276 e. The molecule has 7 nitrogen and oxygen atoms in total. The van der Waals surface area contributed by atoms with Crippen molar-refractivity contribution in [2.75, 3.05) is 22.1 Å². The molecule has 0 aliphatic rings. The number of nitrogen functional groups attached to an aromatic ring is 2. The monoisotopic (exact) mass is 386 g/mol. The first kappa shape index (κ1) is 18.4. The average Bonchev–Trinajstić information content (AvgIpc) is 2.63. The number of benzene rings is 1. The third-order valence-corrected chi connectivity index (χ3v) is 3.92. The van der Waals surface area contributed by atoms with Crippen LogP contribution >= 0.6 is 11.6 Å². The van der Waals surface area contributed by atoms with Crippen molar-refractivity contribution in [1.29, 1.82) is 0 Å². The van der Waals surface area contributed by atoms with E-state index in [1.165, 1.54) is 30.5 Å². The Labute approximate surface area is 159 Å². The van der Waals surface area contributed by atoms with Crippen molar-refractivity contribution in [3.8, 4) is 0 Å². The van der Waals surface area contributed by atoms with Crippen molar-refractivity contribution in [3.05, 3.63) is 70.9 Å². The predicted octanol–water partition coefficient (Wildman–Crippen LogP) is 3.30. The molecule has 3 aromatic rings. The van der Waals surface area contributed by atoms with Gasteiger partial charge in [-0.2, -0.15) is 0 Å². The molecule has 0 aliphatic carbocycles. The SMILES string of the molecule is Nc1cc(Cl)cnc1C(=O)Nc1ccc(F)c(CNc2cccnc2N)c1. The summed E-state index contributed by atoms with van der Waals surface area (Å²) < 4.78 is 14.1. The molecule has 0 atom stereocenters. The van der Waals surface area contributed by atoms with Gasteiger partial charge >= 0.3 is 0 Å². The number of carbonyl (C=O) groups excluding carboxylic acids is 1. The summed E-state index contributed by atoms with van der Waals surface area (Å²) in [4.78, 5) is 20.2. The maximum Gasteiger partial charge on any atom is 0.276 e. The zero-order valence-corrected chi connectivity index (χ0v) is 14.8. The molecule has 27 heavy (non-hydrogen) atoms. The number of hydrogen-bond acceptors (Lipinski definition) is 6. The maximum absolute atomic E-state index is 14.1. The summed E-state index contributed by atoms with van der Waals surface area (Å²) in [5.74, 6) is -0.634. The van der Waals surface area contributed by atoms with Crippen LogP contribution in [0.4, 0.5) is 27.3 Å². The number of rotatable bonds is 5. The topological polar surface area (TPSA) is 119 Å². The van der Waals surface area contributed by atoms with Gasteiger partial charge in [0.25, 0.3) is 5.91 Å². The molecule has 0 saturated heterocycles. The number of carbonyl (C=O) groups is 1. The molecule has 138 valence electrons. The molecule has 0 bridgehead atoms. The summed E-state index contributed by atoms with van der Waals surface area (Å²) in [7, 11) is 0. The highest BCUT2D eigenvalue weighted by atomic mass is 35.5. The fourth-order valence-corrected chi connectivity index (χ4v) is 2.55. The van der Waals surface area contributed by atoms with Gasteiger partial charge in [0.2, 0.25) is 0 Å². The molecule has 0 radical (unpaired) electrons. The Balaban J connectivity index is 1.74. The van der Waals surface area contributed by atoms with Crippen LogP contribution in [0.5, 0.6) is 0 Å². The highest BCUT2D eigenvalue weighted by Gasteiger charge is 2.13. The van der Waals surface area contributed by atoms with E-state index in [0.717, 1.165) is 0 Å². The molecule has 6 N–H and O–H groups in total. The largest absolute Gasteiger partial charge is 0.397 e. The standard InChI is InChI=1S/C18H16ClFN6O/c19-11-7-14(21)16(25-9-11)18(27)26-12-3-4-13(20)10(6-12)8-24-15-2-1-5-23-17(15)22/h1-7,9,24H,8,21H2,(H2,22,23)(H,26,27). The lowest BCUT2D eigenvalue weighted by atomic mass is 10.1. The summed E-state index contributed by atoms with van der Waals surface area (Å²) in [5, 5.41) is 5.98. The summed E-state index contributed by atoms with van der Waals surface area (Å²) in [6.07, 6.45) is 2.89. The van der Waals surface area contributed by atoms with Crippen molar-refractivity contribution in [2.24, 2.45) is 0 Å². The number of hydrogen-bond donors (Lipinski definition) is 4. The van der Waals surface area contributed by atoms with Crippen molar-refractivity contribution in [3.63, 3.8) is 0 Å². The predicted molar refractivity (Wildman–Crippen MR) is 104 cm³/mol. The van der Waals surface area contributed by atoms with Crippen LogP contribution in [0.15, 0.2) is 48.8 Å². The molecule has 3 rings (SSSR count). The highest BCUT2D eigenvalue weighted by molar-refractivity contribution is 6.30. The number of nitrogens with zero attached hydrogens (tertiary/aromatic N) is 2. The molecule has 0 fully saturated rings. The van der Waals surface area contributed by atoms with Gasteiger partial charge in [0.1, 0.15) is 11.6 Å². The van der Waals surface area contributed by atoms with E-state index in [1.807, 2.05) is 0 Å². The van der Waals surface area contributed by atoms with Crippen molar-refractivity contribution < 1.29 is 9.18 Å². The summed E-state index contributed by atoms with van der Waals surface area (Å²) in [5.41, 5.74) is 13.0. The summed E-state index contributed by atoms with van der Waals surface area (Å²) >= 11 is 5.78. The molecule has 1 aromatic carbocycles. The van der Waals surface area contributed by atoms with E-state index in [9.17, 15) is 9.18 Å². The minimum atomic E-state index is -0.522. The third kappa shape index (κ3) is 4.42. The number of aromatic nitrogens is 2. The van der Waals surface area contributed by atoms with Crippen LogP contribution in [-0.4, -0.2) is 15.9 Å². The Hall–Kier alpha value is -3.39. The first-order valence-corrected chi connectivity index (χ1v) is 8.27. The van der Waals surface area contributed by atoms with Crippen molar-refractivity contribution >= 4 is 40.4 Å². The first-order chi connectivity index (χ1) is 12.9. The van der Waals surface area contributed by atoms with Crippen LogP contribution in [0, 0.1) is 5.82 Å². The molecular weight excluding hydrogens is 371 g/mol. The molecule has 0 unspecified atom stereocenters. The Morgan fingerprint density at radius 2 is 2.00 bits per heavy atom. The first-order valence-electron chi connectivity index (χ1n) is 7.89. The van der Waals surface area contributed by atoms with Gasteiger partial charge in [0.05, 0.1) is 16.4 Å². The highest BCUT2D eigenvalue weighted by Crippen LogP contribution is 2.21. The van der Waals surface area contributed by atoms with Gasteiger partial charge in [-0.05, 0) is 36.4 Å². The molecule has 0 spiro atoms. The molecule has 0 aliphatic heterocycles. The van der Waals surface area contributed by atoms with Crippen LogP contribution < -0.4 is 22.1 Å². The number of halogens is 2. The number of amides is 1. The lowest BCUT2D eigenvalue weighted by Gasteiger charge is -2.11. The van der Waals surface area contributed by atoms with Crippen molar-refractivity contribution in [2.45, 2.75) is 6.54 Å². The lowest BCUT2D eigenvalue weighted by Crippen LogP contribution is -2.16. The Kier molecular flexibility index (Phi) is 5.37. The summed E-state index contributed by atoms with van der Waals surface area (Å²) in [6, 6.07) is 9.11. The minimum absolute atomic E-state index is 0.0338. The molecule has 2 heterocycles. The molecule has 9 heteroatoms. The Morgan fingerprint density at radius 1 is 1.19 bits per heavy atom. The fourth-order valence-electron chi connectivity index (χ4n) is 2.38. The van der Waals surface area contributed by atoms with E-state index in [2.05, 4.69) is 20.6 Å². The second-order valence-electron chi connectivity index (χ2n) is 5.64. The number of nitrogens with two attached hydrogens (primary N) is 2. The number of pyridine rings is 2. The van der Waals surface area contributed by atoms with Crippen LogP contribution in [-0.2, 0) is 6.54 Å². The zero-order chi connectivity index (χ0) is 19.4. The van der Waals surface area contributed by atoms with Gasteiger partial charge in [-0.1, -0.05) is 11.6 Å². The van der Waals surface area contributed by atoms with Gasteiger partial charge in [-0.15, -0.1) is 0 Å². The lowest BCUT2D eigenvalue weighted by molar-refractivity contribution is 0.102. The van der Waals surface area contributed by atoms with Crippen LogP contribution in [0.3, 0.4) is 0 Å². The molecule has 2 aromatic heterocycles. The van der Waals surface area contributed by atoms with Gasteiger partial charge < -0.3 is 22.1 Å². The van der Waals surface area contributed by atoms with Gasteiger partial charge in [-0.3, -0.25) is 4.79 Å². The number of anilines is 4. The normalized spacial score (nSPS) is 10.4. The van der Waals surface area contributed by atoms with Gasteiger partial charge in [-0.25, -0.2) is 14.4 Å². The van der Waals surface area contributed by atoms with Crippen molar-refractivity contribution in [1.82, 2.24) is 9.97 Å². The Morgan fingerprint density at radius 3 is 2.74 bits per heavy atom. The fraction of sp³-hybridized carbons (Fsp3) is 0.0556. The zero-order valence-electron chi connectivity index (χ0n) is 14.0. The third-order valence-electron chi connectivity index (χ3n) is 3.71. The Bertz CT molecular complexity index is 997. The second-order valence-corrected chi connectivity index (χ2v) is 6.08. The maximum atomic E-state index is 14.1. The van der Waals surface area contributed by atoms with Gasteiger partial charge in [0.15, 0.2) is 5.69 Å². The molecule has 1 amide bonds. The van der Waals surface area contributed by atoms with E-state index in [1.54, 1.807) is 18.3 Å². The van der Waals surface area contributed by atoms with Crippen LogP contribution in [0.25, 0.3) is 0 Å². The van der Waals surface area contributed by atoms with E-state index in [-0.39, 0.29) is 17.9 Å². The van der Waals surface area contributed by atoms with Crippen LogP contribution in [0.1, 0.15) is 16.1 Å².